The van der Waals surface area contributed by atoms with Gasteiger partial charge in [0.15, 0.2) is 5.79 Å². The fraction of sp³-hybridized carbons (Fsp3) is 0.652. The van der Waals surface area contributed by atoms with Crippen molar-refractivity contribution < 1.29 is 14.6 Å². The van der Waals surface area contributed by atoms with Crippen molar-refractivity contribution in [3.63, 3.8) is 0 Å². The van der Waals surface area contributed by atoms with Crippen LogP contribution in [0.4, 0.5) is 0 Å². The van der Waals surface area contributed by atoms with Crippen molar-refractivity contribution in [1.82, 2.24) is 0 Å². The topological polar surface area (TPSA) is 38.7 Å². The van der Waals surface area contributed by atoms with E-state index in [0.29, 0.717) is 19.0 Å². The number of rotatable bonds is 11. The highest BCUT2D eigenvalue weighted by molar-refractivity contribution is 5.14. The average molecular weight is 361 g/mol. The summed E-state index contributed by atoms with van der Waals surface area (Å²) in [6.07, 6.45) is 12.1. The van der Waals surface area contributed by atoms with E-state index in [-0.39, 0.29) is 0 Å². The number of aryl methyl sites for hydroxylation is 1. The van der Waals surface area contributed by atoms with E-state index in [4.69, 9.17) is 9.47 Å². The molecule has 1 fully saturated rings. The summed E-state index contributed by atoms with van der Waals surface area (Å²) in [5, 5.41) is 10.2. The van der Waals surface area contributed by atoms with Crippen molar-refractivity contribution in [3.8, 4) is 0 Å². The summed E-state index contributed by atoms with van der Waals surface area (Å²) in [4.78, 5) is 0. The third kappa shape index (κ3) is 8.37. The number of unbranched alkanes of at least 4 members (excludes halogenated alkanes) is 7. The van der Waals surface area contributed by atoms with Crippen LogP contribution in [0, 0.1) is 0 Å². The average Bonchev–Trinajstić information content (AvgIpc) is 2.64. The molecule has 1 saturated heterocycles. The van der Waals surface area contributed by atoms with E-state index in [1.165, 1.54) is 56.9 Å². The van der Waals surface area contributed by atoms with Gasteiger partial charge in [-0.05, 0) is 38.7 Å². The van der Waals surface area contributed by atoms with E-state index >= 15 is 0 Å². The van der Waals surface area contributed by atoms with Crippen molar-refractivity contribution in [2.45, 2.75) is 83.8 Å². The molecule has 1 aliphatic heterocycles. The van der Waals surface area contributed by atoms with Crippen LogP contribution in [0.25, 0.3) is 0 Å². The van der Waals surface area contributed by atoms with Crippen LogP contribution in [-0.4, -0.2) is 24.1 Å². The minimum atomic E-state index is -0.523. The lowest BCUT2D eigenvalue weighted by Crippen LogP contribution is -2.36. The molecule has 3 nitrogen and oxygen atoms in total. The minimum absolute atomic E-state index is 0.474. The molecule has 1 heterocycles. The molecule has 0 aromatic heterocycles. The van der Waals surface area contributed by atoms with Gasteiger partial charge in [0, 0.05) is 12.0 Å². The normalized spacial score (nSPS) is 16.6. The Hall–Kier alpha value is -1.32. The van der Waals surface area contributed by atoms with Crippen molar-refractivity contribution in [2.75, 3.05) is 13.2 Å². The van der Waals surface area contributed by atoms with Crippen LogP contribution in [0.15, 0.2) is 41.7 Å². The maximum Gasteiger partial charge on any atom is 0.163 e. The van der Waals surface area contributed by atoms with Crippen LogP contribution < -0.4 is 0 Å². The predicted molar refractivity (Wildman–Crippen MR) is 107 cm³/mol. The summed E-state index contributed by atoms with van der Waals surface area (Å²) in [5.74, 6) is -0.0494. The highest BCUT2D eigenvalue weighted by Gasteiger charge is 2.26. The Morgan fingerprint density at radius 2 is 1.38 bits per heavy atom. The molecule has 0 amide bonds. The zero-order chi connectivity index (χ0) is 18.7. The van der Waals surface area contributed by atoms with Crippen molar-refractivity contribution in [3.05, 3.63) is 47.2 Å². The van der Waals surface area contributed by atoms with Gasteiger partial charge in [-0.2, -0.15) is 0 Å². The third-order valence-corrected chi connectivity index (χ3v) is 5.07. The number of hydrogen-bond acceptors (Lipinski definition) is 3. The molecule has 1 aliphatic rings. The maximum absolute atomic E-state index is 10.2. The molecule has 3 heteroatoms. The van der Waals surface area contributed by atoms with Crippen LogP contribution in [0.5, 0.6) is 0 Å². The molecule has 0 atom stereocenters. The van der Waals surface area contributed by atoms with Gasteiger partial charge in [-0.25, -0.2) is 0 Å². The molecular formula is C23H36O3. The van der Waals surface area contributed by atoms with Crippen molar-refractivity contribution in [2.24, 2.45) is 0 Å². The van der Waals surface area contributed by atoms with Crippen LogP contribution in [0.3, 0.4) is 0 Å². The van der Waals surface area contributed by atoms with Crippen LogP contribution >= 0.6 is 0 Å². The van der Waals surface area contributed by atoms with E-state index in [1.54, 1.807) is 0 Å². The molecule has 2 rings (SSSR count). The lowest BCUT2D eigenvalue weighted by Gasteiger charge is -2.32. The van der Waals surface area contributed by atoms with Gasteiger partial charge < -0.3 is 14.6 Å². The van der Waals surface area contributed by atoms with Crippen molar-refractivity contribution >= 4 is 0 Å². The highest BCUT2D eigenvalue weighted by atomic mass is 16.7. The molecule has 0 aliphatic carbocycles. The second-order valence-electron chi connectivity index (χ2n) is 7.84. The van der Waals surface area contributed by atoms with Gasteiger partial charge in [0.1, 0.15) is 0 Å². The number of benzene rings is 1. The summed E-state index contributed by atoms with van der Waals surface area (Å²) in [6, 6.07) is 10.8. The fourth-order valence-corrected chi connectivity index (χ4v) is 3.28. The molecule has 0 saturated carbocycles. The highest BCUT2D eigenvalue weighted by Crippen LogP contribution is 2.23. The Morgan fingerprint density at radius 3 is 2.00 bits per heavy atom. The Kier molecular flexibility index (Phi) is 9.21. The molecule has 0 bridgehead atoms. The smallest absolute Gasteiger partial charge is 0.163 e. The van der Waals surface area contributed by atoms with E-state index in [2.05, 4.69) is 30.3 Å². The number of ether oxygens (including phenoxy) is 2. The zero-order valence-electron chi connectivity index (χ0n) is 16.6. The summed E-state index contributed by atoms with van der Waals surface area (Å²) in [5.41, 5.74) is 2.36. The molecule has 1 aromatic carbocycles. The maximum atomic E-state index is 10.2. The third-order valence-electron chi connectivity index (χ3n) is 5.07. The van der Waals surface area contributed by atoms with Gasteiger partial charge in [0.05, 0.1) is 19.0 Å². The van der Waals surface area contributed by atoms with Gasteiger partial charge in [0.2, 0.25) is 0 Å². The molecular weight excluding hydrogens is 324 g/mol. The largest absolute Gasteiger partial charge is 0.512 e. The van der Waals surface area contributed by atoms with Gasteiger partial charge in [-0.3, -0.25) is 0 Å². The first kappa shape index (κ1) is 21.0. The van der Waals surface area contributed by atoms with Crippen LogP contribution in [0.1, 0.15) is 77.2 Å². The van der Waals surface area contributed by atoms with E-state index in [1.807, 2.05) is 13.8 Å². The standard InChI is InChI=1S/C23H36O3/c1-23(2)25-18-21(19-26-23)22(24)17-13-8-6-4-3-5-7-10-14-20-15-11-9-12-16-20/h9,11-12,15-16,24H,3-8,10,13-14,17-19H2,1-2H3. The summed E-state index contributed by atoms with van der Waals surface area (Å²) in [7, 11) is 0. The first-order valence-corrected chi connectivity index (χ1v) is 10.3. The van der Waals surface area contributed by atoms with Crippen molar-refractivity contribution in [1.29, 1.82) is 0 Å². The zero-order valence-corrected chi connectivity index (χ0v) is 16.6. The molecule has 0 spiro atoms. The number of allylic oxidation sites excluding steroid dienone is 1. The Morgan fingerprint density at radius 1 is 0.846 bits per heavy atom. The van der Waals surface area contributed by atoms with Gasteiger partial charge >= 0.3 is 0 Å². The molecule has 0 radical (unpaired) electrons. The summed E-state index contributed by atoms with van der Waals surface area (Å²) >= 11 is 0. The Balaban J connectivity index is 1.42. The molecule has 146 valence electrons. The van der Waals surface area contributed by atoms with Gasteiger partial charge in [0.25, 0.3) is 0 Å². The Bertz CT molecular complexity index is 522. The number of aliphatic hydroxyl groups excluding tert-OH is 1. The first-order chi connectivity index (χ1) is 12.6. The summed E-state index contributed by atoms with van der Waals surface area (Å²) in [6.45, 7) is 4.79. The van der Waals surface area contributed by atoms with Crippen LogP contribution in [-0.2, 0) is 15.9 Å². The molecule has 0 unspecified atom stereocenters. The second kappa shape index (κ2) is 11.4. The molecule has 1 N–H and O–H groups in total. The van der Waals surface area contributed by atoms with E-state index in [0.717, 1.165) is 18.4 Å². The number of aliphatic hydroxyl groups is 1. The monoisotopic (exact) mass is 360 g/mol. The SMILES string of the molecule is CC1(C)OCC(=C(O)CCCCCCCCCCc2ccccc2)CO1. The quantitative estimate of drug-likeness (QED) is 0.370. The summed E-state index contributed by atoms with van der Waals surface area (Å²) < 4.78 is 11.2. The van der Waals surface area contributed by atoms with E-state index < -0.39 is 5.79 Å². The van der Waals surface area contributed by atoms with Gasteiger partial charge in [-0.15, -0.1) is 0 Å². The fourth-order valence-electron chi connectivity index (χ4n) is 3.28. The molecule has 26 heavy (non-hydrogen) atoms. The molecule has 1 aromatic rings. The van der Waals surface area contributed by atoms with Crippen LogP contribution in [0.2, 0.25) is 0 Å². The predicted octanol–water partition coefficient (Wildman–Crippen LogP) is 6.34. The van der Waals surface area contributed by atoms with Gasteiger partial charge in [-0.1, -0.05) is 68.9 Å². The first-order valence-electron chi connectivity index (χ1n) is 10.3. The lowest BCUT2D eigenvalue weighted by atomic mass is 10.0. The minimum Gasteiger partial charge on any atom is -0.512 e. The Labute approximate surface area is 159 Å². The lowest BCUT2D eigenvalue weighted by molar-refractivity contribution is -0.226. The van der Waals surface area contributed by atoms with E-state index in [9.17, 15) is 5.11 Å². The second-order valence-corrected chi connectivity index (χ2v) is 7.84. The number of hydrogen-bond donors (Lipinski definition) is 1.